The molecule has 3 aromatic rings. The molecular weight excluding hydrogens is 314 g/mol. The van der Waals surface area contributed by atoms with E-state index in [4.69, 9.17) is 0 Å². The third-order valence-corrected chi connectivity index (χ3v) is 4.83. The van der Waals surface area contributed by atoms with Crippen LogP contribution in [0.25, 0.3) is 5.52 Å². The van der Waals surface area contributed by atoms with Crippen LogP contribution in [0.4, 0.5) is 0 Å². The van der Waals surface area contributed by atoms with Crippen molar-refractivity contribution >= 4 is 11.4 Å². The van der Waals surface area contributed by atoms with Crippen molar-refractivity contribution in [2.24, 2.45) is 0 Å². The highest BCUT2D eigenvalue weighted by Crippen LogP contribution is 2.21. The number of aryl methyl sites for hydroxylation is 3. The maximum absolute atomic E-state index is 12.6. The van der Waals surface area contributed by atoms with Crippen molar-refractivity contribution in [3.05, 3.63) is 58.4 Å². The normalized spacial score (nSPS) is 13.7. The summed E-state index contributed by atoms with van der Waals surface area (Å²) in [5.41, 5.74) is 5.91. The summed E-state index contributed by atoms with van der Waals surface area (Å²) in [6, 6.07) is 3.89. The van der Waals surface area contributed by atoms with Gasteiger partial charge in [-0.2, -0.15) is 5.10 Å². The second kappa shape index (κ2) is 6.27. The predicted octanol–water partition coefficient (Wildman–Crippen LogP) is 2.55. The molecule has 6 heteroatoms. The van der Waals surface area contributed by atoms with Crippen molar-refractivity contribution < 1.29 is 4.79 Å². The Hall–Kier alpha value is -2.76. The average molecular weight is 335 g/mol. The Balaban J connectivity index is 1.55. The van der Waals surface area contributed by atoms with Crippen LogP contribution in [0.15, 0.2) is 24.5 Å². The third kappa shape index (κ3) is 2.88. The van der Waals surface area contributed by atoms with Crippen molar-refractivity contribution in [2.75, 3.05) is 0 Å². The number of carbonyl (C=O) groups excluding carboxylic acids is 1. The van der Waals surface area contributed by atoms with Crippen LogP contribution >= 0.6 is 0 Å². The number of hydrogen-bond acceptors (Lipinski definition) is 4. The van der Waals surface area contributed by atoms with Gasteiger partial charge in [0, 0.05) is 17.6 Å². The fraction of sp³-hybridized carbons (Fsp3) is 0.368. The maximum Gasteiger partial charge on any atom is 0.255 e. The first-order valence-corrected chi connectivity index (χ1v) is 8.70. The average Bonchev–Trinajstić information content (AvgIpc) is 3.05. The number of nitrogens with one attached hydrogen (secondary N) is 1. The summed E-state index contributed by atoms with van der Waals surface area (Å²) in [5.74, 6) is 0.531. The van der Waals surface area contributed by atoms with Crippen LogP contribution in [0.3, 0.4) is 0 Å². The van der Waals surface area contributed by atoms with E-state index in [1.165, 1.54) is 18.4 Å². The summed E-state index contributed by atoms with van der Waals surface area (Å²) in [7, 11) is 0. The van der Waals surface area contributed by atoms with Crippen LogP contribution in [0, 0.1) is 13.8 Å². The summed E-state index contributed by atoms with van der Waals surface area (Å²) in [5, 5.41) is 7.19. The Kier molecular flexibility index (Phi) is 3.95. The lowest BCUT2D eigenvalue weighted by atomic mass is 9.95. The van der Waals surface area contributed by atoms with Crippen molar-refractivity contribution in [3.8, 4) is 0 Å². The Morgan fingerprint density at radius 2 is 2.08 bits per heavy atom. The molecule has 25 heavy (non-hydrogen) atoms. The van der Waals surface area contributed by atoms with E-state index in [2.05, 4.69) is 20.4 Å². The minimum Gasteiger partial charge on any atom is -0.345 e. The summed E-state index contributed by atoms with van der Waals surface area (Å²) in [6.07, 6.45) is 7.91. The zero-order valence-electron chi connectivity index (χ0n) is 14.5. The first-order valence-electron chi connectivity index (χ1n) is 8.70. The second-order valence-corrected chi connectivity index (χ2v) is 6.58. The molecule has 4 rings (SSSR count). The minimum atomic E-state index is -0.150. The van der Waals surface area contributed by atoms with Crippen LogP contribution in [-0.2, 0) is 19.4 Å². The zero-order valence-corrected chi connectivity index (χ0v) is 14.5. The number of hydrogen-bond donors (Lipinski definition) is 1. The molecule has 0 radical (unpaired) electrons. The van der Waals surface area contributed by atoms with Gasteiger partial charge in [-0.3, -0.25) is 4.79 Å². The van der Waals surface area contributed by atoms with E-state index >= 15 is 0 Å². The molecule has 3 heterocycles. The van der Waals surface area contributed by atoms with Crippen LogP contribution in [0.2, 0.25) is 0 Å². The first-order chi connectivity index (χ1) is 12.1. The van der Waals surface area contributed by atoms with E-state index in [-0.39, 0.29) is 5.91 Å². The molecule has 128 valence electrons. The van der Waals surface area contributed by atoms with Crippen molar-refractivity contribution in [3.63, 3.8) is 0 Å². The van der Waals surface area contributed by atoms with Crippen LogP contribution in [-0.4, -0.2) is 25.5 Å². The lowest BCUT2D eigenvalue weighted by Crippen LogP contribution is -2.25. The van der Waals surface area contributed by atoms with E-state index in [0.717, 1.165) is 35.3 Å². The number of nitrogens with zero attached hydrogens (tertiary/aromatic N) is 4. The highest BCUT2D eigenvalue weighted by atomic mass is 16.1. The molecule has 0 atom stereocenters. The smallest absolute Gasteiger partial charge is 0.255 e. The number of carbonyl (C=O) groups is 1. The van der Waals surface area contributed by atoms with Gasteiger partial charge in [0.05, 0.1) is 23.8 Å². The Labute approximate surface area is 146 Å². The van der Waals surface area contributed by atoms with Crippen LogP contribution in [0.5, 0.6) is 0 Å². The fourth-order valence-corrected chi connectivity index (χ4v) is 3.56. The molecule has 0 spiro atoms. The van der Waals surface area contributed by atoms with Gasteiger partial charge >= 0.3 is 0 Å². The Morgan fingerprint density at radius 1 is 1.24 bits per heavy atom. The van der Waals surface area contributed by atoms with E-state index in [9.17, 15) is 4.79 Å². The lowest BCUT2D eigenvalue weighted by molar-refractivity contribution is 0.0951. The SMILES string of the molecule is Cc1nc(CNC(=O)c2cnn3cccc(C)c23)nc2c1CCCC2. The van der Waals surface area contributed by atoms with E-state index in [0.29, 0.717) is 17.9 Å². The van der Waals surface area contributed by atoms with Gasteiger partial charge in [0.15, 0.2) is 0 Å². The lowest BCUT2D eigenvalue weighted by Gasteiger charge is -2.17. The van der Waals surface area contributed by atoms with E-state index in [1.54, 1.807) is 10.7 Å². The standard InChI is InChI=1S/C19H21N5O/c1-12-6-5-9-24-18(12)15(10-21-24)19(25)20-11-17-22-13(2)14-7-3-4-8-16(14)23-17/h5-6,9-10H,3-4,7-8,11H2,1-2H3,(H,20,25). The Bertz CT molecular complexity index is 960. The molecule has 6 nitrogen and oxygen atoms in total. The molecule has 0 aliphatic heterocycles. The number of rotatable bonds is 3. The Morgan fingerprint density at radius 3 is 2.96 bits per heavy atom. The predicted molar refractivity (Wildman–Crippen MR) is 94.5 cm³/mol. The highest BCUT2D eigenvalue weighted by Gasteiger charge is 2.17. The maximum atomic E-state index is 12.6. The van der Waals surface area contributed by atoms with Crippen LogP contribution < -0.4 is 5.32 Å². The van der Waals surface area contributed by atoms with Gasteiger partial charge in [-0.05, 0) is 56.7 Å². The minimum absolute atomic E-state index is 0.150. The summed E-state index contributed by atoms with van der Waals surface area (Å²) in [4.78, 5) is 21.8. The van der Waals surface area contributed by atoms with Crippen molar-refractivity contribution in [1.29, 1.82) is 0 Å². The zero-order chi connectivity index (χ0) is 17.4. The van der Waals surface area contributed by atoms with Crippen LogP contribution in [0.1, 0.15) is 51.5 Å². The quantitative estimate of drug-likeness (QED) is 0.798. The number of aromatic nitrogens is 4. The second-order valence-electron chi connectivity index (χ2n) is 6.58. The van der Waals surface area contributed by atoms with Crippen molar-refractivity contribution in [2.45, 2.75) is 46.1 Å². The summed E-state index contributed by atoms with van der Waals surface area (Å²) < 4.78 is 1.73. The number of fused-ring (bicyclic) bond motifs is 2. The third-order valence-electron chi connectivity index (χ3n) is 4.83. The molecule has 0 saturated carbocycles. The van der Waals surface area contributed by atoms with Gasteiger partial charge in [-0.15, -0.1) is 0 Å². The molecule has 3 aromatic heterocycles. The largest absolute Gasteiger partial charge is 0.345 e. The highest BCUT2D eigenvalue weighted by molar-refractivity contribution is 6.01. The molecule has 0 fully saturated rings. The monoisotopic (exact) mass is 335 g/mol. The number of pyridine rings is 1. The van der Waals surface area contributed by atoms with Gasteiger partial charge in [0.25, 0.3) is 5.91 Å². The van der Waals surface area contributed by atoms with Crippen molar-refractivity contribution in [1.82, 2.24) is 24.9 Å². The molecule has 0 aromatic carbocycles. The molecular formula is C19H21N5O. The molecule has 1 aliphatic carbocycles. The summed E-state index contributed by atoms with van der Waals surface area (Å²) >= 11 is 0. The topological polar surface area (TPSA) is 72.2 Å². The van der Waals surface area contributed by atoms with Gasteiger partial charge in [-0.25, -0.2) is 14.5 Å². The molecule has 0 unspecified atom stereocenters. The molecule has 1 aliphatic rings. The summed E-state index contributed by atoms with van der Waals surface area (Å²) in [6.45, 7) is 4.34. The fourth-order valence-electron chi connectivity index (χ4n) is 3.56. The molecule has 1 amide bonds. The molecule has 0 saturated heterocycles. The molecule has 1 N–H and O–H groups in total. The van der Waals surface area contributed by atoms with Gasteiger partial charge in [-0.1, -0.05) is 6.07 Å². The number of amides is 1. The van der Waals surface area contributed by atoms with Gasteiger partial charge in [0.2, 0.25) is 0 Å². The van der Waals surface area contributed by atoms with Gasteiger partial charge in [0.1, 0.15) is 5.82 Å². The van der Waals surface area contributed by atoms with E-state index in [1.807, 2.05) is 32.2 Å². The first kappa shape index (κ1) is 15.7. The van der Waals surface area contributed by atoms with E-state index < -0.39 is 0 Å². The molecule has 0 bridgehead atoms. The van der Waals surface area contributed by atoms with Gasteiger partial charge < -0.3 is 5.32 Å².